The van der Waals surface area contributed by atoms with E-state index in [4.69, 9.17) is 0 Å². The number of hydrogen-bond donors (Lipinski definition) is 1. The lowest BCUT2D eigenvalue weighted by molar-refractivity contribution is 0.761. The molecule has 3 heterocycles. The molecule has 0 aromatic carbocycles. The summed E-state index contributed by atoms with van der Waals surface area (Å²) in [5.41, 5.74) is 2.14. The summed E-state index contributed by atoms with van der Waals surface area (Å²) in [7, 11) is 0. The van der Waals surface area contributed by atoms with Crippen molar-refractivity contribution in [3.63, 3.8) is 0 Å². The first-order valence-corrected chi connectivity index (χ1v) is 9.03. The zero-order valence-electron chi connectivity index (χ0n) is 16.9. The van der Waals surface area contributed by atoms with E-state index in [-0.39, 0.29) is 0 Å². The predicted molar refractivity (Wildman–Crippen MR) is 112 cm³/mol. The van der Waals surface area contributed by atoms with Gasteiger partial charge >= 0.3 is 0 Å². The molecule has 0 radical (unpaired) electrons. The summed E-state index contributed by atoms with van der Waals surface area (Å²) in [5.74, 6) is 0. The molecule has 0 aliphatic carbocycles. The van der Waals surface area contributed by atoms with E-state index in [1.807, 2.05) is 96.3 Å². The van der Waals surface area contributed by atoms with Crippen LogP contribution in [0.1, 0.15) is 46.0 Å². The minimum Gasteiger partial charge on any atom is -0.385 e. The predicted octanol–water partition coefficient (Wildman–Crippen LogP) is 5.88. The molecule has 3 heteroatoms. The average molecular weight is 342 g/mol. The molecule has 0 fully saturated rings. The molecule has 0 saturated carbocycles. The molecule has 25 heavy (non-hydrogen) atoms. The van der Waals surface area contributed by atoms with Gasteiger partial charge in [0.25, 0.3) is 0 Å². The van der Waals surface area contributed by atoms with Crippen LogP contribution >= 0.6 is 0 Å². The van der Waals surface area contributed by atoms with Crippen LogP contribution in [0.25, 0.3) is 0 Å². The molecule has 1 unspecified atom stereocenters. The van der Waals surface area contributed by atoms with E-state index in [1.165, 1.54) is 0 Å². The molecule has 1 N–H and O–H groups in total. The Balaban J connectivity index is 0. The molecule has 0 amide bonds. The molecule has 0 bridgehead atoms. The van der Waals surface area contributed by atoms with Gasteiger partial charge in [-0.25, -0.2) is 0 Å². The van der Waals surface area contributed by atoms with Crippen LogP contribution in [-0.2, 0) is 0 Å². The molecule has 1 aliphatic rings. The van der Waals surface area contributed by atoms with E-state index in [1.54, 1.807) is 12.4 Å². The van der Waals surface area contributed by atoms with E-state index >= 15 is 0 Å². The third-order valence-electron chi connectivity index (χ3n) is 2.59. The van der Waals surface area contributed by atoms with Crippen LogP contribution in [0.5, 0.6) is 0 Å². The number of aromatic nitrogens is 2. The summed E-state index contributed by atoms with van der Waals surface area (Å²) in [6.45, 7) is 14.1. The second kappa shape index (κ2) is 19.6. The highest BCUT2D eigenvalue weighted by Gasteiger charge is 1.90. The fraction of sp³-hybridized carbons (Fsp3) is 0.364. The van der Waals surface area contributed by atoms with Crippen molar-refractivity contribution in [2.45, 2.75) is 54.5 Å². The quantitative estimate of drug-likeness (QED) is 0.650. The van der Waals surface area contributed by atoms with E-state index < -0.39 is 0 Å². The second-order valence-corrected chi connectivity index (χ2v) is 4.64. The van der Waals surface area contributed by atoms with Gasteiger partial charge in [-0.05, 0) is 57.3 Å². The summed E-state index contributed by atoms with van der Waals surface area (Å²) < 4.78 is 0. The molecule has 0 saturated heterocycles. The van der Waals surface area contributed by atoms with Gasteiger partial charge in [0, 0.05) is 29.8 Å². The van der Waals surface area contributed by atoms with Gasteiger partial charge in [-0.15, -0.1) is 0 Å². The van der Waals surface area contributed by atoms with E-state index in [0.717, 1.165) is 11.4 Å². The number of nitrogens with zero attached hydrogens (tertiary/aromatic N) is 2. The van der Waals surface area contributed by atoms with Gasteiger partial charge in [0.15, 0.2) is 0 Å². The molecule has 1 aliphatic heterocycles. The summed E-state index contributed by atoms with van der Waals surface area (Å²) in [6, 6.07) is 12.2. The summed E-state index contributed by atoms with van der Waals surface area (Å²) in [4.78, 5) is 7.96. The number of aryl methyl sites for hydroxylation is 2. The molecule has 2 aromatic rings. The number of hydrogen-bond acceptors (Lipinski definition) is 3. The van der Waals surface area contributed by atoms with Crippen molar-refractivity contribution >= 4 is 0 Å². The van der Waals surface area contributed by atoms with Crippen LogP contribution in [-0.4, -0.2) is 16.0 Å². The topological polar surface area (TPSA) is 37.8 Å². The maximum atomic E-state index is 3.98. The smallest absolute Gasteiger partial charge is 0.0413 e. The second-order valence-electron chi connectivity index (χ2n) is 4.64. The summed E-state index contributed by atoms with van der Waals surface area (Å²) >= 11 is 0. The highest BCUT2D eigenvalue weighted by molar-refractivity contribution is 5.10. The number of allylic oxidation sites excluding steroid dienone is 2. The van der Waals surface area contributed by atoms with Crippen LogP contribution in [0.4, 0.5) is 0 Å². The zero-order chi connectivity index (χ0) is 19.3. The first-order chi connectivity index (χ1) is 12.2. The van der Waals surface area contributed by atoms with E-state index in [9.17, 15) is 0 Å². The Morgan fingerprint density at radius 2 is 1.24 bits per heavy atom. The minimum atomic E-state index is 0.519. The van der Waals surface area contributed by atoms with Crippen LogP contribution in [0.15, 0.2) is 73.2 Å². The van der Waals surface area contributed by atoms with Crippen molar-refractivity contribution < 1.29 is 0 Å². The van der Waals surface area contributed by atoms with Gasteiger partial charge in [-0.2, -0.15) is 0 Å². The Labute approximate surface area is 154 Å². The van der Waals surface area contributed by atoms with Crippen LogP contribution < -0.4 is 5.32 Å². The summed E-state index contributed by atoms with van der Waals surface area (Å²) in [6.07, 6.45) is 11.7. The highest BCUT2D eigenvalue weighted by atomic mass is 14.9. The Hall–Kier alpha value is -2.42. The van der Waals surface area contributed by atoms with Crippen molar-refractivity contribution in [3.8, 4) is 0 Å². The van der Waals surface area contributed by atoms with Gasteiger partial charge in [-0.1, -0.05) is 52.0 Å². The fourth-order valence-electron chi connectivity index (χ4n) is 1.45. The molecule has 1 atom stereocenters. The lowest BCUT2D eigenvalue weighted by atomic mass is 10.2. The van der Waals surface area contributed by atoms with E-state index in [0.29, 0.717) is 6.04 Å². The molecule has 2 aromatic heterocycles. The fourth-order valence-corrected chi connectivity index (χ4v) is 1.45. The van der Waals surface area contributed by atoms with Gasteiger partial charge in [0.1, 0.15) is 0 Å². The van der Waals surface area contributed by atoms with Gasteiger partial charge in [0.05, 0.1) is 0 Å². The first kappa shape index (κ1) is 24.8. The normalized spacial score (nSPS) is 13.0. The van der Waals surface area contributed by atoms with Crippen LogP contribution in [0.2, 0.25) is 0 Å². The summed E-state index contributed by atoms with van der Waals surface area (Å²) in [5, 5.41) is 3.11. The van der Waals surface area contributed by atoms with Crippen molar-refractivity contribution in [1.82, 2.24) is 15.3 Å². The third-order valence-corrected chi connectivity index (χ3v) is 2.59. The number of pyridine rings is 2. The minimum absolute atomic E-state index is 0.519. The monoisotopic (exact) mass is 341 g/mol. The Kier molecular flexibility index (Phi) is 19.5. The van der Waals surface area contributed by atoms with Crippen LogP contribution in [0, 0.1) is 13.8 Å². The van der Waals surface area contributed by atoms with Crippen molar-refractivity contribution in [3.05, 3.63) is 84.6 Å². The molecule has 138 valence electrons. The SMILES string of the molecule is CC.CC.CC1C=CC=CN1.Cc1ccccn1.Cc1ccccn1. The van der Waals surface area contributed by atoms with E-state index in [2.05, 4.69) is 28.3 Å². The largest absolute Gasteiger partial charge is 0.385 e. The van der Waals surface area contributed by atoms with Crippen molar-refractivity contribution in [2.75, 3.05) is 0 Å². The molecular formula is C22H35N3. The maximum absolute atomic E-state index is 3.98. The lowest BCUT2D eigenvalue weighted by Crippen LogP contribution is -2.18. The van der Waals surface area contributed by atoms with Crippen LogP contribution in [0.3, 0.4) is 0 Å². The molecule has 0 spiro atoms. The van der Waals surface area contributed by atoms with Gasteiger partial charge in [-0.3, -0.25) is 9.97 Å². The number of nitrogens with one attached hydrogen (secondary N) is 1. The Morgan fingerprint density at radius 1 is 0.760 bits per heavy atom. The Bertz CT molecular complexity index is 496. The van der Waals surface area contributed by atoms with Gasteiger partial charge in [0.2, 0.25) is 0 Å². The van der Waals surface area contributed by atoms with Gasteiger partial charge < -0.3 is 5.32 Å². The standard InChI is InChI=1S/C6H9N.2C6H7N.2C2H6/c3*1-6-4-2-3-5-7-6;2*1-2/h2-7H,1H3;2*2-5H,1H3;2*1-2H3. The molecule has 3 nitrogen and oxygen atoms in total. The maximum Gasteiger partial charge on any atom is 0.0413 e. The highest BCUT2D eigenvalue weighted by Crippen LogP contribution is 1.90. The third kappa shape index (κ3) is 17.8. The molecule has 3 rings (SSSR count). The first-order valence-electron chi connectivity index (χ1n) is 9.03. The van der Waals surface area contributed by atoms with Crippen molar-refractivity contribution in [2.24, 2.45) is 0 Å². The zero-order valence-corrected chi connectivity index (χ0v) is 16.9. The lowest BCUT2D eigenvalue weighted by Gasteiger charge is -2.07. The Morgan fingerprint density at radius 3 is 1.40 bits per heavy atom. The number of rotatable bonds is 0. The van der Waals surface area contributed by atoms with Crippen molar-refractivity contribution in [1.29, 1.82) is 0 Å². The number of dihydropyridines is 1. The average Bonchev–Trinajstić information content (AvgIpc) is 2.68. The molecular weight excluding hydrogens is 306 g/mol.